The highest BCUT2D eigenvalue weighted by molar-refractivity contribution is 9.11. The average Bonchev–Trinajstić information content (AvgIpc) is 2.83. The van der Waals surface area contributed by atoms with Crippen LogP contribution < -0.4 is 29.6 Å². The van der Waals surface area contributed by atoms with Gasteiger partial charge in [-0.25, -0.2) is 8.42 Å². The molecule has 2 aromatic carbocycles. The third kappa shape index (κ3) is 7.74. The number of amides is 1. The molecule has 0 aliphatic rings. The molecule has 190 valence electrons. The van der Waals surface area contributed by atoms with Crippen molar-refractivity contribution < 1.29 is 27.4 Å². The van der Waals surface area contributed by atoms with Crippen LogP contribution in [0.4, 0.5) is 11.5 Å². The van der Waals surface area contributed by atoms with Crippen LogP contribution in [0.1, 0.15) is 0 Å². The second-order valence-electron chi connectivity index (χ2n) is 6.78. The minimum absolute atomic E-state index is 0.0207. The minimum atomic E-state index is -3.97. The maximum Gasteiger partial charge on any atom is 0.321 e. The molecule has 0 spiro atoms. The fourth-order valence-electron chi connectivity index (χ4n) is 2.63. The number of ether oxygens (including phenoxy) is 3. The molecule has 0 fully saturated rings. The van der Waals surface area contributed by atoms with E-state index in [9.17, 15) is 13.2 Å². The zero-order valence-corrected chi connectivity index (χ0v) is 23.5. The molecule has 1 heterocycles. The molecule has 0 saturated carbocycles. The number of anilines is 2. The lowest BCUT2D eigenvalue weighted by atomic mass is 10.3. The molecular formula is C21H19Br2N5O6S2. The van der Waals surface area contributed by atoms with Crippen molar-refractivity contribution in [2.75, 3.05) is 30.9 Å². The number of methoxy groups -OCH3 is 2. The van der Waals surface area contributed by atoms with Crippen molar-refractivity contribution in [1.29, 1.82) is 0 Å². The van der Waals surface area contributed by atoms with Crippen molar-refractivity contribution in [1.82, 2.24) is 15.3 Å². The number of benzene rings is 2. The monoisotopic (exact) mass is 659 g/mol. The van der Waals surface area contributed by atoms with Gasteiger partial charge in [-0.05, 0) is 70.6 Å². The third-order valence-electron chi connectivity index (χ3n) is 4.24. The zero-order valence-electron chi connectivity index (χ0n) is 18.7. The number of thiocarbonyl (C=S) groups is 1. The van der Waals surface area contributed by atoms with Gasteiger partial charge < -0.3 is 19.5 Å². The van der Waals surface area contributed by atoms with Crippen LogP contribution in [0.2, 0.25) is 0 Å². The van der Waals surface area contributed by atoms with Gasteiger partial charge in [-0.2, -0.15) is 9.97 Å². The van der Waals surface area contributed by atoms with Gasteiger partial charge in [-0.15, -0.1) is 0 Å². The van der Waals surface area contributed by atoms with E-state index in [-0.39, 0.29) is 34.3 Å². The highest BCUT2D eigenvalue weighted by Gasteiger charge is 2.17. The fourth-order valence-corrected chi connectivity index (χ4v) is 5.01. The van der Waals surface area contributed by atoms with E-state index in [1.807, 2.05) is 0 Å². The predicted molar refractivity (Wildman–Crippen MR) is 144 cm³/mol. The molecule has 15 heteroatoms. The summed E-state index contributed by atoms with van der Waals surface area (Å²) in [6.45, 7) is -0.260. The van der Waals surface area contributed by atoms with Gasteiger partial charge in [-0.1, -0.05) is 15.9 Å². The van der Waals surface area contributed by atoms with Gasteiger partial charge in [0.1, 0.15) is 5.75 Å². The third-order valence-corrected chi connectivity index (χ3v) is 6.93. The van der Waals surface area contributed by atoms with Crippen molar-refractivity contribution in [3.8, 4) is 17.6 Å². The number of carbonyl (C=O) groups excluding carboxylic acids is 1. The van der Waals surface area contributed by atoms with E-state index < -0.39 is 15.9 Å². The number of sulfonamides is 1. The minimum Gasteiger partial charge on any atom is -0.483 e. The van der Waals surface area contributed by atoms with E-state index in [1.165, 1.54) is 44.6 Å². The largest absolute Gasteiger partial charge is 0.483 e. The Morgan fingerprint density at radius 1 is 1.03 bits per heavy atom. The van der Waals surface area contributed by atoms with E-state index in [4.69, 9.17) is 26.4 Å². The van der Waals surface area contributed by atoms with Gasteiger partial charge in [0, 0.05) is 16.2 Å². The summed E-state index contributed by atoms with van der Waals surface area (Å²) < 4.78 is 44.8. The predicted octanol–water partition coefficient (Wildman–Crippen LogP) is 3.71. The molecule has 3 aromatic rings. The summed E-state index contributed by atoms with van der Waals surface area (Å²) in [5.74, 6) is 0.129. The lowest BCUT2D eigenvalue weighted by Gasteiger charge is -2.12. The summed E-state index contributed by atoms with van der Waals surface area (Å²) in [7, 11) is -1.24. The quantitative estimate of drug-likeness (QED) is 0.291. The molecule has 1 amide bonds. The summed E-state index contributed by atoms with van der Waals surface area (Å²) in [4.78, 5) is 20.0. The first-order valence-corrected chi connectivity index (χ1v) is 13.4. The number of aromatic nitrogens is 2. The van der Waals surface area contributed by atoms with Crippen LogP contribution in [-0.4, -0.2) is 50.2 Å². The number of nitrogens with zero attached hydrogens (tertiary/aromatic N) is 2. The Bertz CT molecular complexity index is 1350. The molecule has 0 atom stereocenters. The summed E-state index contributed by atoms with van der Waals surface area (Å²) >= 11 is 11.8. The molecule has 0 unspecified atom stereocenters. The number of halogens is 2. The molecule has 0 radical (unpaired) electrons. The van der Waals surface area contributed by atoms with Crippen LogP contribution in [0.15, 0.2) is 62.4 Å². The lowest BCUT2D eigenvalue weighted by Crippen LogP contribution is -2.37. The van der Waals surface area contributed by atoms with Gasteiger partial charge in [0.05, 0.1) is 23.6 Å². The van der Waals surface area contributed by atoms with Crippen LogP contribution in [0, 0.1) is 0 Å². The van der Waals surface area contributed by atoms with E-state index in [1.54, 1.807) is 18.2 Å². The van der Waals surface area contributed by atoms with Gasteiger partial charge >= 0.3 is 6.01 Å². The summed E-state index contributed by atoms with van der Waals surface area (Å²) in [6.07, 6.45) is 0. The topological polar surface area (TPSA) is 141 Å². The van der Waals surface area contributed by atoms with Crippen molar-refractivity contribution in [2.45, 2.75) is 4.90 Å². The maximum atomic E-state index is 12.7. The first kappa shape index (κ1) is 27.6. The molecular weight excluding hydrogens is 642 g/mol. The Morgan fingerprint density at radius 2 is 1.75 bits per heavy atom. The lowest BCUT2D eigenvalue weighted by molar-refractivity contribution is -0.121. The fraction of sp³-hybridized carbons (Fsp3) is 0.143. The highest BCUT2D eigenvalue weighted by atomic mass is 79.9. The number of hydrogen-bond donors (Lipinski definition) is 3. The summed E-state index contributed by atoms with van der Waals surface area (Å²) in [5, 5.41) is 5.32. The van der Waals surface area contributed by atoms with Crippen molar-refractivity contribution in [3.63, 3.8) is 0 Å². The molecule has 3 rings (SSSR count). The van der Waals surface area contributed by atoms with Gasteiger partial charge in [0.15, 0.2) is 17.5 Å². The summed E-state index contributed by atoms with van der Waals surface area (Å²) in [5.41, 5.74) is 0.459. The van der Waals surface area contributed by atoms with Crippen LogP contribution in [0.5, 0.6) is 17.6 Å². The number of hydrogen-bond acceptors (Lipinski definition) is 9. The molecule has 3 N–H and O–H groups in total. The average molecular weight is 661 g/mol. The van der Waals surface area contributed by atoms with Crippen LogP contribution in [0.3, 0.4) is 0 Å². The van der Waals surface area contributed by atoms with Crippen LogP contribution in [-0.2, 0) is 14.8 Å². The van der Waals surface area contributed by atoms with E-state index in [0.717, 1.165) is 4.47 Å². The normalized spacial score (nSPS) is 10.8. The van der Waals surface area contributed by atoms with E-state index in [2.05, 4.69) is 57.2 Å². The first-order chi connectivity index (χ1) is 17.1. The van der Waals surface area contributed by atoms with Crippen molar-refractivity contribution >= 4 is 76.6 Å². The number of nitrogens with one attached hydrogen (secondary N) is 3. The van der Waals surface area contributed by atoms with Gasteiger partial charge in [0.25, 0.3) is 15.9 Å². The summed E-state index contributed by atoms with van der Waals surface area (Å²) in [6, 6.07) is 12.2. The Hall–Kier alpha value is -3.01. The Balaban J connectivity index is 1.57. The highest BCUT2D eigenvalue weighted by Crippen LogP contribution is 2.28. The molecule has 11 nitrogen and oxygen atoms in total. The Morgan fingerprint density at radius 3 is 2.39 bits per heavy atom. The molecule has 1 aromatic heterocycles. The van der Waals surface area contributed by atoms with E-state index >= 15 is 0 Å². The van der Waals surface area contributed by atoms with Crippen LogP contribution in [0.25, 0.3) is 0 Å². The SMILES string of the molecule is COc1cc(NS(=O)(=O)c2ccc(NC(=S)NC(=O)COc3ccc(Br)cc3Br)cc2)nc(OC)n1. The van der Waals surface area contributed by atoms with Crippen molar-refractivity contribution in [2.24, 2.45) is 0 Å². The molecule has 0 aliphatic heterocycles. The second-order valence-corrected chi connectivity index (χ2v) is 10.6. The van der Waals surface area contributed by atoms with Gasteiger partial charge in [-0.3, -0.25) is 14.8 Å². The maximum absolute atomic E-state index is 12.7. The molecule has 0 aliphatic carbocycles. The molecule has 36 heavy (non-hydrogen) atoms. The Labute approximate surface area is 229 Å². The van der Waals surface area contributed by atoms with Crippen LogP contribution >= 0.6 is 44.1 Å². The molecule has 0 saturated heterocycles. The standard InChI is InChI=1S/C21H19Br2N5O6S2/c1-32-19-10-17(25-20(27-19)33-2)28-36(30,31)14-6-4-13(5-7-14)24-21(35)26-18(29)11-34-16-8-3-12(22)9-15(16)23/h3-10H,11H2,1-2H3,(H,25,27,28)(H2,24,26,29,35). The van der Waals surface area contributed by atoms with Crippen molar-refractivity contribution in [3.05, 3.63) is 57.5 Å². The smallest absolute Gasteiger partial charge is 0.321 e. The molecule has 0 bridgehead atoms. The van der Waals surface area contributed by atoms with E-state index in [0.29, 0.717) is 15.9 Å². The second kappa shape index (κ2) is 12.3. The Kier molecular flexibility index (Phi) is 9.42. The first-order valence-electron chi connectivity index (χ1n) is 9.88. The zero-order chi connectivity index (χ0) is 26.3. The number of rotatable bonds is 9. The number of carbonyl (C=O) groups is 1. The van der Waals surface area contributed by atoms with Gasteiger partial charge in [0.2, 0.25) is 5.88 Å².